The third kappa shape index (κ3) is 6.92. The van der Waals surface area contributed by atoms with Crippen molar-refractivity contribution in [1.82, 2.24) is 5.32 Å². The molecule has 0 aromatic heterocycles. The lowest BCUT2D eigenvalue weighted by Gasteiger charge is -2.25. The quantitative estimate of drug-likeness (QED) is 0.573. The summed E-state index contributed by atoms with van der Waals surface area (Å²) < 4.78 is 2.38. The lowest BCUT2D eigenvalue weighted by Crippen LogP contribution is -2.23. The van der Waals surface area contributed by atoms with Gasteiger partial charge < -0.3 is 5.32 Å². The Kier molecular flexibility index (Phi) is 7.63. The van der Waals surface area contributed by atoms with Gasteiger partial charge in [0.05, 0.1) is 0 Å². The van der Waals surface area contributed by atoms with E-state index in [-0.39, 0.29) is 0 Å². The van der Waals surface area contributed by atoms with Gasteiger partial charge in [0.15, 0.2) is 0 Å². The summed E-state index contributed by atoms with van der Waals surface area (Å²) in [5.74, 6) is 0. The minimum Gasteiger partial charge on any atom is -0.317 e. The van der Waals surface area contributed by atoms with Gasteiger partial charge >= 0.3 is 0 Å². The fourth-order valence-corrected chi connectivity index (χ4v) is 2.91. The summed E-state index contributed by atoms with van der Waals surface area (Å²) in [6, 6.07) is 6.41. The number of hydrogen-bond acceptors (Lipinski definition) is 1. The Morgan fingerprint density at radius 3 is 2.53 bits per heavy atom. The molecule has 19 heavy (non-hydrogen) atoms. The third-order valence-corrected chi connectivity index (χ3v) is 4.75. The molecule has 1 rings (SSSR count). The average molecular weight is 391 g/mol. The second-order valence-corrected chi connectivity index (χ2v) is 7.67. The van der Waals surface area contributed by atoms with Crippen molar-refractivity contribution < 1.29 is 0 Å². The molecule has 0 atom stereocenters. The molecule has 0 spiro atoms. The Labute approximate surface area is 134 Å². The second-order valence-electron chi connectivity index (χ2n) is 5.90. The molecule has 108 valence electrons. The maximum atomic E-state index is 3.64. The molecule has 0 amide bonds. The van der Waals surface area contributed by atoms with E-state index in [2.05, 4.69) is 76.1 Å². The van der Waals surface area contributed by atoms with Gasteiger partial charge in [0.25, 0.3) is 0 Å². The summed E-state index contributed by atoms with van der Waals surface area (Å²) in [6.45, 7) is 9.20. The maximum absolute atomic E-state index is 3.64. The third-order valence-electron chi connectivity index (χ3n) is 3.48. The van der Waals surface area contributed by atoms with Crippen molar-refractivity contribution in [3.63, 3.8) is 0 Å². The van der Waals surface area contributed by atoms with E-state index in [0.29, 0.717) is 5.41 Å². The fraction of sp³-hybridized carbons (Fsp3) is 0.625. The zero-order valence-corrected chi connectivity index (χ0v) is 15.4. The highest BCUT2D eigenvalue weighted by atomic mass is 79.9. The highest BCUT2D eigenvalue weighted by Gasteiger charge is 2.17. The van der Waals surface area contributed by atoms with Gasteiger partial charge in [-0.2, -0.15) is 0 Å². The number of rotatable bonds is 8. The smallest absolute Gasteiger partial charge is 0.0208 e. The van der Waals surface area contributed by atoms with E-state index in [4.69, 9.17) is 0 Å². The molecule has 1 nitrogen and oxygen atoms in total. The van der Waals surface area contributed by atoms with Crippen LogP contribution in [0.15, 0.2) is 27.1 Å². The van der Waals surface area contributed by atoms with Crippen LogP contribution in [0, 0.1) is 5.41 Å². The van der Waals surface area contributed by atoms with Crippen molar-refractivity contribution in [2.24, 2.45) is 5.41 Å². The lowest BCUT2D eigenvalue weighted by atomic mass is 9.83. The van der Waals surface area contributed by atoms with Crippen LogP contribution in [0.1, 0.15) is 45.6 Å². The van der Waals surface area contributed by atoms with Crippen LogP contribution in [0.3, 0.4) is 0 Å². The van der Waals surface area contributed by atoms with Gasteiger partial charge in [-0.25, -0.2) is 0 Å². The predicted octanol–water partition coefficient (Wildman–Crippen LogP) is 5.56. The van der Waals surface area contributed by atoms with Gasteiger partial charge in [-0.3, -0.25) is 0 Å². The van der Waals surface area contributed by atoms with Gasteiger partial charge in [0, 0.05) is 8.95 Å². The molecule has 0 aliphatic carbocycles. The van der Waals surface area contributed by atoms with E-state index in [1.54, 1.807) is 0 Å². The Morgan fingerprint density at radius 1 is 1.11 bits per heavy atom. The standard InChI is InChI=1S/C16H25Br2N/c1-4-10-19-11-9-16(2,3)8-7-13-12-14(17)5-6-15(13)18/h5-6,12,19H,4,7-11H2,1-3H3. The highest BCUT2D eigenvalue weighted by molar-refractivity contribution is 9.11. The van der Waals surface area contributed by atoms with Crippen molar-refractivity contribution in [2.45, 2.75) is 46.5 Å². The van der Waals surface area contributed by atoms with Crippen LogP contribution in [0.25, 0.3) is 0 Å². The first-order valence-corrected chi connectivity index (χ1v) is 8.68. The van der Waals surface area contributed by atoms with Crippen LogP contribution in [0.2, 0.25) is 0 Å². The molecule has 1 aromatic carbocycles. The first-order chi connectivity index (χ1) is 8.94. The first kappa shape index (κ1) is 17.2. The average Bonchev–Trinajstić information content (AvgIpc) is 2.36. The van der Waals surface area contributed by atoms with Crippen LogP contribution < -0.4 is 5.32 Å². The van der Waals surface area contributed by atoms with E-state index in [1.165, 1.54) is 29.3 Å². The van der Waals surface area contributed by atoms with E-state index in [9.17, 15) is 0 Å². The van der Waals surface area contributed by atoms with Gasteiger partial charge in [0.1, 0.15) is 0 Å². The molecule has 0 radical (unpaired) electrons. The van der Waals surface area contributed by atoms with Crippen molar-refractivity contribution >= 4 is 31.9 Å². The molecule has 1 N–H and O–H groups in total. The van der Waals surface area contributed by atoms with Gasteiger partial charge in [0.2, 0.25) is 0 Å². The van der Waals surface area contributed by atoms with E-state index in [0.717, 1.165) is 24.0 Å². The van der Waals surface area contributed by atoms with Crippen LogP contribution in [0.5, 0.6) is 0 Å². The summed E-state index contributed by atoms with van der Waals surface area (Å²) in [5.41, 5.74) is 1.78. The molecule has 1 aromatic rings. The molecule has 0 fully saturated rings. The van der Waals surface area contributed by atoms with Crippen molar-refractivity contribution in [1.29, 1.82) is 0 Å². The number of aryl methyl sites for hydroxylation is 1. The van der Waals surface area contributed by atoms with E-state index < -0.39 is 0 Å². The SMILES string of the molecule is CCCNCCC(C)(C)CCc1cc(Br)ccc1Br. The van der Waals surface area contributed by atoms with Crippen molar-refractivity contribution in [3.8, 4) is 0 Å². The molecular weight excluding hydrogens is 366 g/mol. The Hall–Kier alpha value is 0.140. The predicted molar refractivity (Wildman–Crippen MR) is 91.7 cm³/mol. The Bertz CT molecular complexity index is 388. The summed E-state index contributed by atoms with van der Waals surface area (Å²) in [7, 11) is 0. The minimum atomic E-state index is 0.391. The highest BCUT2D eigenvalue weighted by Crippen LogP contribution is 2.29. The maximum Gasteiger partial charge on any atom is 0.0208 e. The molecule has 0 bridgehead atoms. The summed E-state index contributed by atoms with van der Waals surface area (Å²) in [6.07, 6.45) is 4.79. The van der Waals surface area contributed by atoms with E-state index in [1.807, 2.05) is 0 Å². The Balaban J connectivity index is 2.43. The van der Waals surface area contributed by atoms with Gasteiger partial charge in [-0.1, -0.05) is 52.6 Å². The summed E-state index contributed by atoms with van der Waals surface area (Å²) in [5, 5.41) is 3.49. The molecule has 0 heterocycles. The largest absolute Gasteiger partial charge is 0.317 e. The second kappa shape index (κ2) is 8.43. The lowest BCUT2D eigenvalue weighted by molar-refractivity contribution is 0.302. The van der Waals surface area contributed by atoms with Crippen LogP contribution in [-0.4, -0.2) is 13.1 Å². The molecule has 0 unspecified atom stereocenters. The number of hydrogen-bond donors (Lipinski definition) is 1. The van der Waals surface area contributed by atoms with Crippen LogP contribution in [0.4, 0.5) is 0 Å². The zero-order chi connectivity index (χ0) is 14.3. The minimum absolute atomic E-state index is 0.391. The Morgan fingerprint density at radius 2 is 1.84 bits per heavy atom. The number of benzene rings is 1. The first-order valence-electron chi connectivity index (χ1n) is 7.09. The molecule has 0 saturated carbocycles. The number of halogens is 2. The molecule has 0 aliphatic heterocycles. The summed E-state index contributed by atoms with van der Waals surface area (Å²) >= 11 is 7.18. The molecular formula is C16H25Br2N. The van der Waals surface area contributed by atoms with Crippen LogP contribution >= 0.6 is 31.9 Å². The normalized spacial score (nSPS) is 11.8. The molecule has 0 saturated heterocycles. The van der Waals surface area contributed by atoms with E-state index >= 15 is 0 Å². The molecule has 3 heteroatoms. The monoisotopic (exact) mass is 389 g/mol. The van der Waals surface area contributed by atoms with Crippen LogP contribution in [-0.2, 0) is 6.42 Å². The number of nitrogens with one attached hydrogen (secondary N) is 1. The zero-order valence-electron chi connectivity index (χ0n) is 12.2. The topological polar surface area (TPSA) is 12.0 Å². The summed E-state index contributed by atoms with van der Waals surface area (Å²) in [4.78, 5) is 0. The van der Waals surface area contributed by atoms with Crippen molar-refractivity contribution in [2.75, 3.05) is 13.1 Å². The van der Waals surface area contributed by atoms with Gasteiger partial charge in [-0.15, -0.1) is 0 Å². The van der Waals surface area contributed by atoms with Gasteiger partial charge in [-0.05, 0) is 68.0 Å². The molecule has 0 aliphatic rings. The van der Waals surface area contributed by atoms with Crippen molar-refractivity contribution in [3.05, 3.63) is 32.7 Å². The fourth-order valence-electron chi connectivity index (χ4n) is 2.06.